The summed E-state index contributed by atoms with van der Waals surface area (Å²) in [4.78, 5) is 16.9. The fourth-order valence-electron chi connectivity index (χ4n) is 3.22. The smallest absolute Gasteiger partial charge is 0.267 e. The van der Waals surface area contributed by atoms with E-state index < -0.39 is 5.82 Å². The molecule has 0 atom stereocenters. The maximum absolute atomic E-state index is 14.5. The van der Waals surface area contributed by atoms with E-state index in [1.54, 1.807) is 23.0 Å². The molecule has 4 aromatic rings. The van der Waals surface area contributed by atoms with Gasteiger partial charge in [-0.15, -0.1) is 5.10 Å². The molecule has 0 radical (unpaired) electrons. The summed E-state index contributed by atoms with van der Waals surface area (Å²) in [5.74, 6) is -0.236. The molecule has 0 aliphatic heterocycles. The summed E-state index contributed by atoms with van der Waals surface area (Å²) < 4.78 is 22.4. The van der Waals surface area contributed by atoms with Gasteiger partial charge in [-0.3, -0.25) is 4.79 Å². The molecule has 0 aliphatic carbocycles. The van der Waals surface area contributed by atoms with E-state index in [0.29, 0.717) is 40.0 Å². The van der Waals surface area contributed by atoms with Gasteiger partial charge in [-0.25, -0.2) is 18.7 Å². The zero-order chi connectivity index (χ0) is 22.8. The first-order chi connectivity index (χ1) is 15.4. The Morgan fingerprint density at radius 1 is 1.09 bits per heavy atom. The lowest BCUT2D eigenvalue weighted by Gasteiger charge is -2.10. The molecule has 0 N–H and O–H groups in total. The number of benzene rings is 1. The van der Waals surface area contributed by atoms with Gasteiger partial charge in [0.05, 0.1) is 25.5 Å². The maximum atomic E-state index is 14.5. The molecule has 4 rings (SSSR count). The summed E-state index contributed by atoms with van der Waals surface area (Å²) in [6.07, 6.45) is 3.08. The lowest BCUT2D eigenvalue weighted by molar-refractivity contribution is 0.398. The molecular formula is C21H17Cl2FN6O2. The van der Waals surface area contributed by atoms with Crippen molar-refractivity contribution in [3.63, 3.8) is 0 Å². The Kier molecular flexibility index (Phi) is 6.20. The molecule has 0 amide bonds. The number of ether oxygens (including phenoxy) is 1. The van der Waals surface area contributed by atoms with Gasteiger partial charge in [0.1, 0.15) is 16.5 Å². The van der Waals surface area contributed by atoms with Gasteiger partial charge >= 0.3 is 0 Å². The summed E-state index contributed by atoms with van der Waals surface area (Å²) in [5.41, 5.74) is 1.93. The fraction of sp³-hybridized carbons (Fsp3) is 0.190. The quantitative estimate of drug-likeness (QED) is 0.418. The van der Waals surface area contributed by atoms with Crippen LogP contribution in [-0.2, 0) is 13.1 Å². The van der Waals surface area contributed by atoms with Crippen LogP contribution in [0.4, 0.5) is 4.39 Å². The highest BCUT2D eigenvalue weighted by Crippen LogP contribution is 2.28. The van der Waals surface area contributed by atoms with Crippen LogP contribution in [-0.4, -0.2) is 36.9 Å². The molecule has 11 heteroatoms. The lowest BCUT2D eigenvalue weighted by atomic mass is 10.1. The van der Waals surface area contributed by atoms with Crippen molar-refractivity contribution in [3.05, 3.63) is 74.6 Å². The number of aryl methyl sites for hydroxylation is 1. The first kappa shape index (κ1) is 21.9. The predicted octanol–water partition coefficient (Wildman–Crippen LogP) is 4.09. The molecule has 1 aromatic carbocycles. The number of halogens is 3. The highest BCUT2D eigenvalue weighted by Gasteiger charge is 2.19. The Morgan fingerprint density at radius 2 is 1.88 bits per heavy atom. The van der Waals surface area contributed by atoms with Gasteiger partial charge in [-0.2, -0.15) is 5.10 Å². The molecule has 0 aliphatic rings. The number of methoxy groups -OCH3 is 1. The number of aromatic nitrogens is 6. The van der Waals surface area contributed by atoms with Crippen molar-refractivity contribution < 1.29 is 9.13 Å². The maximum Gasteiger partial charge on any atom is 0.267 e. The average Bonchev–Trinajstić information content (AvgIpc) is 3.17. The second-order valence-corrected chi connectivity index (χ2v) is 7.62. The molecular weight excluding hydrogens is 458 g/mol. The number of hydrogen-bond donors (Lipinski definition) is 0. The van der Waals surface area contributed by atoms with E-state index in [2.05, 4.69) is 20.4 Å². The minimum Gasteiger partial charge on any atom is -0.480 e. The van der Waals surface area contributed by atoms with Crippen LogP contribution in [0.15, 0.2) is 47.5 Å². The molecule has 0 saturated carbocycles. The normalized spacial score (nSPS) is 11.0. The fourth-order valence-corrected chi connectivity index (χ4v) is 3.62. The van der Waals surface area contributed by atoms with Gasteiger partial charge < -0.3 is 4.74 Å². The first-order valence-electron chi connectivity index (χ1n) is 9.56. The highest BCUT2D eigenvalue weighted by atomic mass is 35.5. The van der Waals surface area contributed by atoms with Gasteiger partial charge in [0, 0.05) is 40.5 Å². The van der Waals surface area contributed by atoms with E-state index in [9.17, 15) is 9.18 Å². The Morgan fingerprint density at radius 3 is 2.53 bits per heavy atom. The van der Waals surface area contributed by atoms with E-state index in [1.165, 1.54) is 36.2 Å². The molecule has 0 unspecified atom stereocenters. The Labute approximate surface area is 192 Å². The van der Waals surface area contributed by atoms with Gasteiger partial charge in [0.2, 0.25) is 5.88 Å². The molecule has 164 valence electrons. The first-order valence-corrected chi connectivity index (χ1v) is 10.3. The van der Waals surface area contributed by atoms with E-state index in [-0.39, 0.29) is 22.7 Å². The Hall–Kier alpha value is -3.30. The second kappa shape index (κ2) is 9.05. The van der Waals surface area contributed by atoms with Crippen molar-refractivity contribution in [1.29, 1.82) is 0 Å². The zero-order valence-electron chi connectivity index (χ0n) is 17.1. The third-order valence-corrected chi connectivity index (χ3v) is 5.33. The molecule has 0 spiro atoms. The van der Waals surface area contributed by atoms with Crippen molar-refractivity contribution in [2.24, 2.45) is 0 Å². The summed E-state index contributed by atoms with van der Waals surface area (Å²) in [7, 11) is 1.47. The van der Waals surface area contributed by atoms with Crippen LogP contribution in [0.5, 0.6) is 5.88 Å². The Bertz CT molecular complexity index is 1350. The zero-order valence-corrected chi connectivity index (χ0v) is 18.6. The van der Waals surface area contributed by atoms with Crippen LogP contribution in [0, 0.1) is 5.82 Å². The number of rotatable bonds is 6. The van der Waals surface area contributed by atoms with Gasteiger partial charge in [-0.05, 0) is 31.2 Å². The average molecular weight is 475 g/mol. The highest BCUT2D eigenvalue weighted by molar-refractivity contribution is 6.32. The summed E-state index contributed by atoms with van der Waals surface area (Å²) in [6, 6.07) is 7.38. The number of pyridine rings is 1. The summed E-state index contributed by atoms with van der Waals surface area (Å²) in [6.45, 7) is 2.42. The van der Waals surface area contributed by atoms with E-state index in [0.717, 1.165) is 0 Å². The molecule has 3 aromatic heterocycles. The van der Waals surface area contributed by atoms with Crippen LogP contribution in [0.3, 0.4) is 0 Å². The molecule has 32 heavy (non-hydrogen) atoms. The lowest BCUT2D eigenvalue weighted by Crippen LogP contribution is -2.24. The van der Waals surface area contributed by atoms with Crippen molar-refractivity contribution in [2.45, 2.75) is 20.0 Å². The van der Waals surface area contributed by atoms with Crippen LogP contribution < -0.4 is 10.3 Å². The van der Waals surface area contributed by atoms with Crippen LogP contribution >= 0.6 is 23.2 Å². The van der Waals surface area contributed by atoms with Crippen LogP contribution in [0.25, 0.3) is 22.4 Å². The SMILES string of the molecule is CCn1nnc(-c2ccc(Cl)cc2F)c1Cn1ncc(-c2cnc(OC)c(Cl)c2)cc1=O. The van der Waals surface area contributed by atoms with Crippen LogP contribution in [0.2, 0.25) is 10.0 Å². The standard InChI is InChI=1S/C21H17Cl2FN6O2/c1-3-29-18(20(27-28-29)15-5-4-14(22)8-17(15)24)11-30-19(31)7-13(10-26-30)12-6-16(23)21(32-2)25-9-12/h4-10H,3,11H2,1-2H3. The monoisotopic (exact) mass is 474 g/mol. The third kappa shape index (κ3) is 4.21. The molecule has 0 bridgehead atoms. The van der Waals surface area contributed by atoms with Gasteiger partial charge in [0.15, 0.2) is 0 Å². The van der Waals surface area contributed by atoms with Crippen LogP contribution in [0.1, 0.15) is 12.6 Å². The Balaban J connectivity index is 1.70. The van der Waals surface area contributed by atoms with E-state index >= 15 is 0 Å². The summed E-state index contributed by atoms with van der Waals surface area (Å²) in [5, 5.41) is 13.1. The molecule has 0 fully saturated rings. The largest absolute Gasteiger partial charge is 0.480 e. The van der Waals surface area contributed by atoms with Crippen molar-refractivity contribution >= 4 is 23.2 Å². The predicted molar refractivity (Wildman–Crippen MR) is 118 cm³/mol. The number of hydrogen-bond acceptors (Lipinski definition) is 6. The van der Waals surface area contributed by atoms with Crippen molar-refractivity contribution in [2.75, 3.05) is 7.11 Å². The molecule has 0 saturated heterocycles. The van der Waals surface area contributed by atoms with Gasteiger partial charge in [-0.1, -0.05) is 28.4 Å². The minimum atomic E-state index is -0.526. The number of nitrogens with zero attached hydrogens (tertiary/aromatic N) is 6. The molecule has 8 nitrogen and oxygen atoms in total. The topological polar surface area (TPSA) is 87.7 Å². The van der Waals surface area contributed by atoms with Crippen molar-refractivity contribution in [1.82, 2.24) is 29.8 Å². The van der Waals surface area contributed by atoms with E-state index in [4.69, 9.17) is 27.9 Å². The summed E-state index contributed by atoms with van der Waals surface area (Å²) >= 11 is 12.0. The minimum absolute atomic E-state index is 0.0545. The van der Waals surface area contributed by atoms with Crippen molar-refractivity contribution in [3.8, 4) is 28.3 Å². The van der Waals surface area contributed by atoms with Gasteiger partial charge in [0.25, 0.3) is 5.56 Å². The second-order valence-electron chi connectivity index (χ2n) is 6.78. The third-order valence-electron chi connectivity index (χ3n) is 4.83. The molecule has 3 heterocycles. The van der Waals surface area contributed by atoms with E-state index in [1.807, 2.05) is 6.92 Å².